The zero-order valence-electron chi connectivity index (χ0n) is 10.2. The van der Waals surface area contributed by atoms with E-state index in [1.165, 1.54) is 6.07 Å². The van der Waals surface area contributed by atoms with Crippen LogP contribution in [0.25, 0.3) is 11.5 Å². The molecule has 5 heteroatoms. The van der Waals surface area contributed by atoms with E-state index in [0.29, 0.717) is 28.5 Å². The minimum atomic E-state index is -0.326. The number of benzene rings is 1. The second kappa shape index (κ2) is 5.63. The number of aromatic nitrogens is 1. The number of hydrogen-bond donors (Lipinski definition) is 1. The molecule has 0 atom stereocenters. The van der Waals surface area contributed by atoms with Crippen LogP contribution in [0.2, 0.25) is 0 Å². The lowest BCUT2D eigenvalue weighted by atomic mass is 10.2. The Bertz CT molecular complexity index is 540. The number of halogens is 2. The van der Waals surface area contributed by atoms with Crippen LogP contribution in [0.5, 0.6) is 0 Å². The molecule has 0 radical (unpaired) electrons. The molecule has 1 aromatic carbocycles. The predicted octanol–water partition coefficient (Wildman–Crippen LogP) is 3.74. The van der Waals surface area contributed by atoms with Crippen molar-refractivity contribution in [2.75, 3.05) is 0 Å². The number of hydrogen-bond acceptors (Lipinski definition) is 3. The van der Waals surface area contributed by atoms with E-state index in [1.54, 1.807) is 18.4 Å². The first-order chi connectivity index (χ1) is 8.58. The van der Waals surface area contributed by atoms with E-state index in [2.05, 4.69) is 40.1 Å². The van der Waals surface area contributed by atoms with Gasteiger partial charge in [0.05, 0.1) is 15.7 Å². The Balaban J connectivity index is 2.21. The van der Waals surface area contributed by atoms with Crippen LogP contribution in [0.4, 0.5) is 4.39 Å². The normalized spacial score (nSPS) is 11.2. The van der Waals surface area contributed by atoms with Gasteiger partial charge in [-0.1, -0.05) is 19.9 Å². The summed E-state index contributed by atoms with van der Waals surface area (Å²) in [4.78, 5) is 4.33. The summed E-state index contributed by atoms with van der Waals surface area (Å²) < 4.78 is 19.1. The van der Waals surface area contributed by atoms with Crippen molar-refractivity contribution in [3.63, 3.8) is 0 Å². The second-order valence-corrected chi connectivity index (χ2v) is 5.07. The van der Waals surface area contributed by atoms with Crippen molar-refractivity contribution in [3.8, 4) is 11.5 Å². The third-order valence-electron chi connectivity index (χ3n) is 2.43. The van der Waals surface area contributed by atoms with E-state index in [1.807, 2.05) is 0 Å². The summed E-state index contributed by atoms with van der Waals surface area (Å²) in [6.07, 6.45) is 1.59. The summed E-state index contributed by atoms with van der Waals surface area (Å²) in [5, 5.41) is 3.24. The zero-order valence-corrected chi connectivity index (χ0v) is 11.8. The van der Waals surface area contributed by atoms with E-state index in [0.717, 1.165) is 5.69 Å². The van der Waals surface area contributed by atoms with Crippen molar-refractivity contribution in [3.05, 3.63) is 40.4 Å². The number of nitrogens with zero attached hydrogens (tertiary/aromatic N) is 1. The van der Waals surface area contributed by atoms with Gasteiger partial charge in [-0.05, 0) is 28.1 Å². The molecule has 0 saturated heterocycles. The smallest absolute Gasteiger partial charge is 0.227 e. The van der Waals surface area contributed by atoms with E-state index in [4.69, 9.17) is 4.42 Å². The lowest BCUT2D eigenvalue weighted by Crippen LogP contribution is -2.21. The molecule has 0 aliphatic heterocycles. The Labute approximate surface area is 114 Å². The highest BCUT2D eigenvalue weighted by Gasteiger charge is 2.12. The summed E-state index contributed by atoms with van der Waals surface area (Å²) in [5.41, 5.74) is 1.42. The van der Waals surface area contributed by atoms with Crippen LogP contribution in [0.1, 0.15) is 19.5 Å². The van der Waals surface area contributed by atoms with Crippen molar-refractivity contribution in [2.45, 2.75) is 26.4 Å². The third-order valence-corrected chi connectivity index (χ3v) is 3.23. The summed E-state index contributed by atoms with van der Waals surface area (Å²) in [5.74, 6) is 0.0921. The van der Waals surface area contributed by atoms with Gasteiger partial charge in [-0.2, -0.15) is 0 Å². The molecule has 0 unspecified atom stereocenters. The van der Waals surface area contributed by atoms with Gasteiger partial charge in [0.25, 0.3) is 0 Å². The topological polar surface area (TPSA) is 38.1 Å². The van der Waals surface area contributed by atoms with Crippen LogP contribution < -0.4 is 5.32 Å². The van der Waals surface area contributed by atoms with Gasteiger partial charge in [-0.3, -0.25) is 0 Å². The lowest BCUT2D eigenvalue weighted by molar-refractivity contribution is 0.558. The molecule has 1 aromatic heterocycles. The van der Waals surface area contributed by atoms with Crippen molar-refractivity contribution in [1.29, 1.82) is 0 Å². The van der Waals surface area contributed by atoms with Crippen molar-refractivity contribution < 1.29 is 8.81 Å². The number of nitrogens with one attached hydrogen (secondary N) is 1. The maximum Gasteiger partial charge on any atom is 0.227 e. The van der Waals surface area contributed by atoms with Crippen molar-refractivity contribution >= 4 is 15.9 Å². The van der Waals surface area contributed by atoms with E-state index in [-0.39, 0.29) is 5.82 Å². The summed E-state index contributed by atoms with van der Waals surface area (Å²) >= 11 is 3.20. The maximum absolute atomic E-state index is 13.4. The fraction of sp³-hybridized carbons (Fsp3) is 0.308. The Morgan fingerprint density at radius 1 is 1.44 bits per heavy atom. The van der Waals surface area contributed by atoms with Gasteiger partial charge in [-0.25, -0.2) is 9.37 Å². The quantitative estimate of drug-likeness (QED) is 0.934. The number of rotatable bonds is 4. The maximum atomic E-state index is 13.4. The predicted molar refractivity (Wildman–Crippen MR) is 71.6 cm³/mol. The highest BCUT2D eigenvalue weighted by molar-refractivity contribution is 9.10. The van der Waals surface area contributed by atoms with Gasteiger partial charge in [0.1, 0.15) is 12.1 Å². The van der Waals surface area contributed by atoms with Gasteiger partial charge in [-0.15, -0.1) is 0 Å². The van der Waals surface area contributed by atoms with Gasteiger partial charge in [0.2, 0.25) is 5.89 Å². The summed E-state index contributed by atoms with van der Waals surface area (Å²) in [6.45, 7) is 4.75. The minimum absolute atomic E-state index is 0.326. The Hall–Kier alpha value is -1.20. The average molecular weight is 313 g/mol. The molecule has 1 N–H and O–H groups in total. The van der Waals surface area contributed by atoms with Crippen LogP contribution in [0, 0.1) is 5.82 Å². The van der Waals surface area contributed by atoms with Crippen LogP contribution in [0.3, 0.4) is 0 Å². The standard InChI is InChI=1S/C13H14BrFN2O/c1-8(2)16-6-9-7-18-13(17-9)10-4-3-5-11(15)12(10)14/h3-5,7-8,16H,6H2,1-2H3. The van der Waals surface area contributed by atoms with Gasteiger partial charge in [0, 0.05) is 12.6 Å². The molecule has 0 amide bonds. The van der Waals surface area contributed by atoms with E-state index in [9.17, 15) is 4.39 Å². The van der Waals surface area contributed by atoms with Gasteiger partial charge >= 0.3 is 0 Å². The number of oxazole rings is 1. The second-order valence-electron chi connectivity index (χ2n) is 4.28. The molecular weight excluding hydrogens is 299 g/mol. The molecule has 0 bridgehead atoms. The molecule has 0 aliphatic rings. The SMILES string of the molecule is CC(C)NCc1coc(-c2cccc(F)c2Br)n1. The molecule has 0 fully saturated rings. The summed E-state index contributed by atoms with van der Waals surface area (Å²) in [6, 6.07) is 5.16. The van der Waals surface area contributed by atoms with Crippen LogP contribution >= 0.6 is 15.9 Å². The van der Waals surface area contributed by atoms with Crippen molar-refractivity contribution in [2.24, 2.45) is 0 Å². The zero-order chi connectivity index (χ0) is 13.1. The molecule has 1 heterocycles. The Morgan fingerprint density at radius 2 is 2.22 bits per heavy atom. The molecule has 96 valence electrons. The van der Waals surface area contributed by atoms with Gasteiger partial charge in [0.15, 0.2) is 0 Å². The molecule has 18 heavy (non-hydrogen) atoms. The summed E-state index contributed by atoms with van der Waals surface area (Å²) in [7, 11) is 0. The average Bonchev–Trinajstić information content (AvgIpc) is 2.78. The molecule has 0 aliphatic carbocycles. The molecular formula is C13H14BrFN2O. The van der Waals surface area contributed by atoms with E-state index >= 15 is 0 Å². The van der Waals surface area contributed by atoms with Crippen LogP contribution in [-0.2, 0) is 6.54 Å². The highest BCUT2D eigenvalue weighted by Crippen LogP contribution is 2.29. The fourth-order valence-corrected chi connectivity index (χ4v) is 1.92. The first-order valence-corrected chi connectivity index (χ1v) is 6.49. The monoisotopic (exact) mass is 312 g/mol. The third kappa shape index (κ3) is 2.97. The van der Waals surface area contributed by atoms with Crippen molar-refractivity contribution in [1.82, 2.24) is 10.3 Å². The fourth-order valence-electron chi connectivity index (χ4n) is 1.49. The Morgan fingerprint density at radius 3 is 2.94 bits per heavy atom. The largest absolute Gasteiger partial charge is 0.444 e. The molecule has 2 rings (SSSR count). The Kier molecular flexibility index (Phi) is 4.14. The molecule has 2 aromatic rings. The molecule has 3 nitrogen and oxygen atoms in total. The molecule has 0 spiro atoms. The van der Waals surface area contributed by atoms with E-state index < -0.39 is 0 Å². The van der Waals surface area contributed by atoms with Crippen LogP contribution in [-0.4, -0.2) is 11.0 Å². The first-order valence-electron chi connectivity index (χ1n) is 5.70. The first kappa shape index (κ1) is 13.2. The highest BCUT2D eigenvalue weighted by atomic mass is 79.9. The van der Waals surface area contributed by atoms with Gasteiger partial charge < -0.3 is 9.73 Å². The molecule has 0 saturated carbocycles. The minimum Gasteiger partial charge on any atom is -0.444 e. The van der Waals surface area contributed by atoms with Crippen LogP contribution in [0.15, 0.2) is 33.4 Å². The lowest BCUT2D eigenvalue weighted by Gasteiger charge is -2.04.